The Labute approximate surface area is 126 Å². The van der Waals surface area contributed by atoms with Crippen LogP contribution in [0.1, 0.15) is 5.56 Å². The van der Waals surface area contributed by atoms with Crippen LogP contribution >= 0.6 is 0 Å². The third-order valence-corrected chi connectivity index (χ3v) is 2.82. The summed E-state index contributed by atoms with van der Waals surface area (Å²) in [4.78, 5) is 34.5. The number of carbonyl (C=O) groups is 3. The van der Waals surface area contributed by atoms with E-state index >= 15 is 0 Å². The fourth-order valence-electron chi connectivity index (χ4n) is 1.87. The largest absolute Gasteiger partial charge is 0.493 e. The molecule has 0 aromatic heterocycles. The van der Waals surface area contributed by atoms with Gasteiger partial charge < -0.3 is 9.47 Å². The Bertz CT molecular complexity index is 657. The molecule has 1 aromatic carbocycles. The van der Waals surface area contributed by atoms with Crippen molar-refractivity contribution in [2.75, 3.05) is 13.7 Å². The second-order valence-corrected chi connectivity index (χ2v) is 4.27. The van der Waals surface area contributed by atoms with E-state index in [1.54, 1.807) is 24.3 Å². The molecule has 0 atom stereocenters. The second-order valence-electron chi connectivity index (χ2n) is 4.27. The topological polar surface area (TPSA) is 93.7 Å². The predicted molar refractivity (Wildman–Crippen MR) is 78.3 cm³/mol. The summed E-state index contributed by atoms with van der Waals surface area (Å²) < 4.78 is 10.7. The molecule has 1 aromatic rings. The summed E-state index contributed by atoms with van der Waals surface area (Å²) in [7, 11) is 1.48. The van der Waals surface area contributed by atoms with Crippen LogP contribution in [0.2, 0.25) is 0 Å². The van der Waals surface area contributed by atoms with Crippen molar-refractivity contribution in [3.63, 3.8) is 0 Å². The first kappa shape index (κ1) is 15.3. The first-order chi connectivity index (χ1) is 10.6. The molecule has 1 aliphatic rings. The van der Waals surface area contributed by atoms with Crippen LogP contribution in [0, 0.1) is 0 Å². The van der Waals surface area contributed by atoms with E-state index in [9.17, 15) is 14.4 Å². The minimum atomic E-state index is -0.846. The molecule has 0 saturated carbocycles. The fraction of sp³-hybridized carbons (Fsp3) is 0.133. The maximum atomic E-state index is 11.7. The summed E-state index contributed by atoms with van der Waals surface area (Å²) in [5.74, 6) is -0.726. The number of hydrogen-bond acceptors (Lipinski definition) is 5. The molecule has 0 bridgehead atoms. The number of benzene rings is 1. The molecule has 1 heterocycles. The highest BCUT2D eigenvalue weighted by atomic mass is 16.5. The number of barbiturate groups is 1. The quantitative estimate of drug-likeness (QED) is 0.481. The highest BCUT2D eigenvalue weighted by Crippen LogP contribution is 2.32. The van der Waals surface area contributed by atoms with Crippen molar-refractivity contribution in [2.45, 2.75) is 0 Å². The van der Waals surface area contributed by atoms with Crippen molar-refractivity contribution in [3.05, 3.63) is 42.0 Å². The average molecular weight is 302 g/mol. The molecule has 22 heavy (non-hydrogen) atoms. The van der Waals surface area contributed by atoms with Crippen LogP contribution in [-0.4, -0.2) is 31.6 Å². The van der Waals surface area contributed by atoms with Crippen molar-refractivity contribution in [1.82, 2.24) is 10.6 Å². The SMILES string of the molecule is C=CCOc1c(C=C2C(=O)NC(=O)NC2=O)cccc1OC. The van der Waals surface area contributed by atoms with Gasteiger partial charge in [-0.05, 0) is 12.1 Å². The van der Waals surface area contributed by atoms with Crippen LogP contribution in [-0.2, 0) is 9.59 Å². The van der Waals surface area contributed by atoms with E-state index < -0.39 is 17.8 Å². The van der Waals surface area contributed by atoms with Crippen molar-refractivity contribution < 1.29 is 23.9 Å². The third-order valence-electron chi connectivity index (χ3n) is 2.82. The van der Waals surface area contributed by atoms with E-state index in [0.29, 0.717) is 17.1 Å². The number of rotatable bonds is 5. The van der Waals surface area contributed by atoms with Gasteiger partial charge in [-0.2, -0.15) is 0 Å². The Balaban J connectivity index is 2.45. The number of ether oxygens (including phenoxy) is 2. The lowest BCUT2D eigenvalue weighted by molar-refractivity contribution is -0.123. The number of urea groups is 1. The molecule has 0 spiro atoms. The third kappa shape index (κ3) is 3.14. The number of imide groups is 2. The van der Waals surface area contributed by atoms with Gasteiger partial charge in [-0.3, -0.25) is 20.2 Å². The Hall–Kier alpha value is -3.09. The number of hydrogen-bond donors (Lipinski definition) is 2. The normalized spacial score (nSPS) is 14.0. The minimum absolute atomic E-state index is 0.198. The van der Waals surface area contributed by atoms with Crippen molar-refractivity contribution in [1.29, 1.82) is 0 Å². The molecule has 1 saturated heterocycles. The zero-order valence-electron chi connectivity index (χ0n) is 11.8. The smallest absolute Gasteiger partial charge is 0.328 e. The zero-order chi connectivity index (χ0) is 16.1. The number of carbonyl (C=O) groups excluding carboxylic acids is 3. The average Bonchev–Trinajstić information content (AvgIpc) is 2.49. The van der Waals surface area contributed by atoms with Gasteiger partial charge in [0, 0.05) is 5.56 Å². The molecule has 7 nitrogen and oxygen atoms in total. The zero-order valence-corrected chi connectivity index (χ0v) is 11.8. The molecular weight excluding hydrogens is 288 g/mol. The van der Waals surface area contributed by atoms with E-state index in [4.69, 9.17) is 9.47 Å². The number of methoxy groups -OCH3 is 1. The lowest BCUT2D eigenvalue weighted by Crippen LogP contribution is -2.51. The standard InChI is InChI=1S/C15H14N2O5/c1-3-7-22-12-9(5-4-6-11(12)21-2)8-10-13(18)16-15(20)17-14(10)19/h3-6,8H,1,7H2,2H3,(H2,16,17,18,19,20). The van der Waals surface area contributed by atoms with Gasteiger partial charge in [0.1, 0.15) is 12.2 Å². The maximum absolute atomic E-state index is 11.7. The van der Waals surface area contributed by atoms with Gasteiger partial charge >= 0.3 is 6.03 Å². The monoisotopic (exact) mass is 302 g/mol. The van der Waals surface area contributed by atoms with Crippen LogP contribution in [0.3, 0.4) is 0 Å². The number of para-hydroxylation sites is 1. The van der Waals surface area contributed by atoms with Crippen molar-refractivity contribution >= 4 is 23.9 Å². The Kier molecular flexibility index (Phi) is 4.57. The Morgan fingerprint density at radius 3 is 2.45 bits per heavy atom. The lowest BCUT2D eigenvalue weighted by Gasteiger charge is -2.16. The van der Waals surface area contributed by atoms with E-state index in [1.807, 2.05) is 10.6 Å². The van der Waals surface area contributed by atoms with Gasteiger partial charge in [0.05, 0.1) is 7.11 Å². The van der Waals surface area contributed by atoms with Gasteiger partial charge in [-0.25, -0.2) is 4.79 Å². The Morgan fingerprint density at radius 1 is 1.18 bits per heavy atom. The molecule has 0 aliphatic carbocycles. The van der Waals surface area contributed by atoms with Gasteiger partial charge in [0.25, 0.3) is 11.8 Å². The fourth-order valence-corrected chi connectivity index (χ4v) is 1.87. The number of amides is 4. The summed E-state index contributed by atoms with van der Waals surface area (Å²) in [5.41, 5.74) is 0.271. The molecule has 1 fully saturated rings. The highest BCUT2D eigenvalue weighted by Gasteiger charge is 2.28. The van der Waals surface area contributed by atoms with Crippen LogP contribution in [0.4, 0.5) is 4.79 Å². The second kappa shape index (κ2) is 6.57. The van der Waals surface area contributed by atoms with Crippen LogP contribution < -0.4 is 20.1 Å². The molecule has 114 valence electrons. The predicted octanol–water partition coefficient (Wildman–Crippen LogP) is 1.01. The molecule has 2 rings (SSSR count). The summed E-state index contributed by atoms with van der Waals surface area (Å²) in [6.45, 7) is 3.79. The molecule has 0 unspecified atom stereocenters. The van der Waals surface area contributed by atoms with Gasteiger partial charge in [-0.1, -0.05) is 24.8 Å². The summed E-state index contributed by atoms with van der Waals surface area (Å²) in [5, 5.41) is 4.01. The van der Waals surface area contributed by atoms with Crippen molar-refractivity contribution in [2.24, 2.45) is 0 Å². The lowest BCUT2D eigenvalue weighted by atomic mass is 10.1. The van der Waals surface area contributed by atoms with Gasteiger partial charge in [-0.15, -0.1) is 0 Å². The highest BCUT2D eigenvalue weighted by molar-refractivity contribution is 6.31. The minimum Gasteiger partial charge on any atom is -0.493 e. The van der Waals surface area contributed by atoms with Crippen LogP contribution in [0.25, 0.3) is 6.08 Å². The van der Waals surface area contributed by atoms with E-state index in [0.717, 1.165) is 0 Å². The summed E-state index contributed by atoms with van der Waals surface area (Å²) in [6, 6.07) is 4.19. The first-order valence-corrected chi connectivity index (χ1v) is 6.36. The molecule has 7 heteroatoms. The molecule has 4 amide bonds. The van der Waals surface area contributed by atoms with E-state index in [2.05, 4.69) is 6.58 Å². The molecular formula is C15H14N2O5. The van der Waals surface area contributed by atoms with E-state index in [1.165, 1.54) is 13.2 Å². The summed E-state index contributed by atoms with van der Waals surface area (Å²) in [6.07, 6.45) is 2.89. The van der Waals surface area contributed by atoms with Crippen molar-refractivity contribution in [3.8, 4) is 11.5 Å². The number of nitrogens with one attached hydrogen (secondary N) is 2. The first-order valence-electron chi connectivity index (χ1n) is 6.36. The maximum Gasteiger partial charge on any atom is 0.328 e. The van der Waals surface area contributed by atoms with Crippen LogP contribution in [0.15, 0.2) is 36.4 Å². The van der Waals surface area contributed by atoms with Crippen LogP contribution in [0.5, 0.6) is 11.5 Å². The van der Waals surface area contributed by atoms with E-state index in [-0.39, 0.29) is 12.2 Å². The van der Waals surface area contributed by atoms with Gasteiger partial charge in [0.2, 0.25) is 0 Å². The molecule has 1 aliphatic heterocycles. The molecule has 0 radical (unpaired) electrons. The molecule has 2 N–H and O–H groups in total. The summed E-state index contributed by atoms with van der Waals surface area (Å²) >= 11 is 0. The van der Waals surface area contributed by atoms with Gasteiger partial charge in [0.15, 0.2) is 11.5 Å². The Morgan fingerprint density at radius 2 is 1.86 bits per heavy atom.